The lowest BCUT2D eigenvalue weighted by Gasteiger charge is -2.41. The van der Waals surface area contributed by atoms with Crippen LogP contribution in [0.4, 0.5) is 0 Å². The Balaban J connectivity index is 1.90. The molecule has 1 aliphatic rings. The van der Waals surface area contributed by atoms with E-state index in [1.54, 1.807) is 10.4 Å². The van der Waals surface area contributed by atoms with Gasteiger partial charge in [-0.25, -0.2) is 0 Å². The Morgan fingerprint density at radius 2 is 1.18 bits per heavy atom. The highest BCUT2D eigenvalue weighted by molar-refractivity contribution is 7.10. The minimum Gasteiger partial charge on any atom is -0.0672 e. The van der Waals surface area contributed by atoms with Crippen molar-refractivity contribution in [3.63, 3.8) is 0 Å². The average molecular weight is 441 g/mol. The largest absolute Gasteiger partial charge is 0.120 e. The highest BCUT2D eigenvalue weighted by Crippen LogP contribution is 2.48. The lowest BCUT2D eigenvalue weighted by Crippen LogP contribution is -2.51. The first kappa shape index (κ1) is 20.2. The topological polar surface area (TPSA) is 0 Å². The highest BCUT2D eigenvalue weighted by Gasteiger charge is 2.44. The zero-order valence-electron chi connectivity index (χ0n) is 19.3. The van der Waals surface area contributed by atoms with Crippen LogP contribution in [0, 0.1) is 0 Å². The van der Waals surface area contributed by atoms with Crippen LogP contribution in [0.1, 0.15) is 30.5 Å². The van der Waals surface area contributed by atoms with E-state index in [1.165, 1.54) is 55.9 Å². The molecule has 0 N–H and O–H groups in total. The zero-order chi connectivity index (χ0) is 22.4. The molecule has 0 unspecified atom stereocenters. The molecule has 0 aliphatic carbocycles. The van der Waals surface area contributed by atoms with Crippen molar-refractivity contribution < 1.29 is 0 Å². The van der Waals surface area contributed by atoms with Gasteiger partial charge in [0.15, 0.2) is 0 Å². The van der Waals surface area contributed by atoms with Gasteiger partial charge in [-0.3, -0.25) is 0 Å². The van der Waals surface area contributed by atoms with Crippen molar-refractivity contribution in [1.82, 2.24) is 0 Å². The number of benzene rings is 5. The van der Waals surface area contributed by atoms with E-state index in [0.717, 1.165) is 0 Å². The van der Waals surface area contributed by atoms with Crippen molar-refractivity contribution in [2.45, 2.75) is 25.9 Å². The molecule has 1 aliphatic heterocycles. The second-order valence-electron chi connectivity index (χ2n) is 9.15. The second-order valence-corrected chi connectivity index (χ2v) is 13.7. The molecule has 0 aromatic heterocycles. The molecule has 6 rings (SSSR count). The summed E-state index contributed by atoms with van der Waals surface area (Å²) in [5.74, 6) is 0. The van der Waals surface area contributed by atoms with Gasteiger partial charge < -0.3 is 0 Å². The van der Waals surface area contributed by atoms with E-state index >= 15 is 0 Å². The van der Waals surface area contributed by atoms with Gasteiger partial charge in [-0.15, -0.1) is 0 Å². The third-order valence-electron chi connectivity index (χ3n) is 7.70. The monoisotopic (exact) mass is 440 g/mol. The summed E-state index contributed by atoms with van der Waals surface area (Å²) in [7, 11) is -2.08. The molecular weight excluding hydrogens is 412 g/mol. The third-order valence-corrected chi connectivity index (χ3v) is 13.1. The first-order valence-electron chi connectivity index (χ1n) is 12.1. The Morgan fingerprint density at radius 1 is 0.576 bits per heavy atom. The van der Waals surface area contributed by atoms with Gasteiger partial charge in [0.05, 0.1) is 0 Å². The number of hydrogen-bond donors (Lipinski definition) is 0. The second kappa shape index (κ2) is 7.86. The Bertz CT molecular complexity index is 1510. The van der Waals surface area contributed by atoms with Gasteiger partial charge in [0.1, 0.15) is 8.07 Å². The van der Waals surface area contributed by atoms with Crippen LogP contribution in [0.5, 0.6) is 0 Å². The smallest absolute Gasteiger partial charge is 0.0672 e. The van der Waals surface area contributed by atoms with Gasteiger partial charge in [0, 0.05) is 0 Å². The van der Waals surface area contributed by atoms with E-state index in [2.05, 4.69) is 123 Å². The van der Waals surface area contributed by atoms with Crippen LogP contribution in [-0.4, -0.2) is 8.07 Å². The molecule has 33 heavy (non-hydrogen) atoms. The molecule has 0 nitrogen and oxygen atoms in total. The molecule has 0 bridgehead atoms. The Labute approximate surface area is 197 Å². The maximum Gasteiger partial charge on any atom is 0.120 e. The normalized spacial score (nSPS) is 14.7. The molecule has 5 aromatic carbocycles. The Morgan fingerprint density at radius 3 is 1.88 bits per heavy atom. The van der Waals surface area contributed by atoms with Crippen molar-refractivity contribution in [2.75, 3.05) is 0 Å². The molecule has 0 amide bonds. The van der Waals surface area contributed by atoms with E-state index < -0.39 is 8.07 Å². The first-order chi connectivity index (χ1) is 16.3. The average Bonchev–Trinajstić information content (AvgIpc) is 2.89. The lowest BCUT2D eigenvalue weighted by atomic mass is 9.89. The van der Waals surface area contributed by atoms with Crippen LogP contribution in [0.15, 0.2) is 109 Å². The van der Waals surface area contributed by atoms with Crippen LogP contribution in [0.2, 0.25) is 12.1 Å². The van der Waals surface area contributed by atoms with Crippen molar-refractivity contribution >= 4 is 45.6 Å². The van der Waals surface area contributed by atoms with Crippen molar-refractivity contribution in [2.24, 2.45) is 0 Å². The van der Waals surface area contributed by atoms with Crippen molar-refractivity contribution in [3.8, 4) is 0 Å². The van der Waals surface area contributed by atoms with Gasteiger partial charge in [-0.05, 0) is 60.3 Å². The Kier molecular flexibility index (Phi) is 4.81. The predicted molar refractivity (Wildman–Crippen MR) is 147 cm³/mol. The molecule has 5 aromatic rings. The molecule has 0 saturated heterocycles. The van der Waals surface area contributed by atoms with Crippen LogP contribution in [-0.2, 0) is 0 Å². The summed E-state index contributed by atoms with van der Waals surface area (Å²) in [5.41, 5.74) is 5.57. The summed E-state index contributed by atoms with van der Waals surface area (Å²) in [6.45, 7) is 4.87. The quantitative estimate of drug-likeness (QED) is 0.195. The van der Waals surface area contributed by atoms with Gasteiger partial charge in [0.2, 0.25) is 0 Å². The van der Waals surface area contributed by atoms with Crippen LogP contribution < -0.4 is 5.19 Å². The molecule has 0 radical (unpaired) electrons. The van der Waals surface area contributed by atoms with Crippen molar-refractivity contribution in [3.05, 3.63) is 126 Å². The van der Waals surface area contributed by atoms with Crippen LogP contribution in [0.3, 0.4) is 0 Å². The molecule has 1 heterocycles. The summed E-state index contributed by atoms with van der Waals surface area (Å²) < 4.78 is 0. The standard InChI is InChI=1S/C32H28Si/c1-3-33(4-2)31(24-16-9-6-10-17-24)29(23-14-7-5-8-15-23)28-21-13-19-26-22-25-18-11-12-20-27(25)32(33)30(26)28/h5-22H,3-4H2,1-2H3. The summed E-state index contributed by atoms with van der Waals surface area (Å²) in [4.78, 5) is 0. The highest BCUT2D eigenvalue weighted by atomic mass is 28.3. The molecule has 0 saturated carbocycles. The fourth-order valence-corrected chi connectivity index (χ4v) is 11.4. The minimum atomic E-state index is -2.08. The molecule has 0 spiro atoms. The third kappa shape index (κ3) is 2.89. The van der Waals surface area contributed by atoms with Crippen LogP contribution in [0.25, 0.3) is 32.3 Å². The van der Waals surface area contributed by atoms with Gasteiger partial charge in [-0.1, -0.05) is 129 Å². The summed E-state index contributed by atoms with van der Waals surface area (Å²) in [6, 6.07) is 43.1. The molecule has 0 fully saturated rings. The molecular formula is C32H28Si. The SMILES string of the molecule is CC[Si]1(CC)C(c2ccccc2)=C(c2ccccc2)c2cccc3cc4ccccc4c1c23. The summed E-state index contributed by atoms with van der Waals surface area (Å²) in [6.07, 6.45) is 0. The van der Waals surface area contributed by atoms with Gasteiger partial charge >= 0.3 is 0 Å². The molecule has 1 heteroatoms. The van der Waals surface area contributed by atoms with E-state index in [9.17, 15) is 0 Å². The first-order valence-corrected chi connectivity index (χ1v) is 14.5. The maximum atomic E-state index is 2.43. The van der Waals surface area contributed by atoms with Gasteiger partial charge in [0.25, 0.3) is 0 Å². The fourth-order valence-electron chi connectivity index (χ4n) is 6.21. The predicted octanol–water partition coefficient (Wildman–Crippen LogP) is 8.20. The number of hydrogen-bond acceptors (Lipinski definition) is 0. The maximum absolute atomic E-state index is 2.43. The molecule has 160 valence electrons. The van der Waals surface area contributed by atoms with Crippen molar-refractivity contribution in [1.29, 1.82) is 0 Å². The van der Waals surface area contributed by atoms with E-state index in [4.69, 9.17) is 0 Å². The van der Waals surface area contributed by atoms with Gasteiger partial charge in [-0.2, -0.15) is 0 Å². The van der Waals surface area contributed by atoms with Crippen LogP contribution >= 0.6 is 0 Å². The van der Waals surface area contributed by atoms with E-state index in [1.807, 2.05) is 0 Å². The fraction of sp³-hybridized carbons (Fsp3) is 0.125. The van der Waals surface area contributed by atoms with E-state index in [-0.39, 0.29) is 0 Å². The van der Waals surface area contributed by atoms with E-state index in [0.29, 0.717) is 0 Å². The Hall–Kier alpha value is -3.42. The zero-order valence-corrected chi connectivity index (χ0v) is 20.3. The minimum absolute atomic E-state index is 1.20. The summed E-state index contributed by atoms with van der Waals surface area (Å²) in [5, 5.41) is 8.94. The lowest BCUT2D eigenvalue weighted by molar-refractivity contribution is 1.29. The summed E-state index contributed by atoms with van der Waals surface area (Å²) >= 11 is 0. The number of fused-ring (bicyclic) bond motifs is 2. The molecule has 0 atom stereocenters. The number of rotatable bonds is 4.